The van der Waals surface area contributed by atoms with Gasteiger partial charge in [-0.1, -0.05) is 12.1 Å². The Morgan fingerprint density at radius 1 is 1.19 bits per heavy atom. The van der Waals surface area contributed by atoms with E-state index in [1.807, 2.05) is 37.3 Å². The predicted molar refractivity (Wildman–Crippen MR) is 82.6 cm³/mol. The molecule has 0 saturated heterocycles. The Labute approximate surface area is 124 Å². The van der Waals surface area contributed by atoms with Crippen molar-refractivity contribution >= 4 is 5.69 Å². The Kier molecular flexibility index (Phi) is 5.05. The molecule has 0 fully saturated rings. The first kappa shape index (κ1) is 14.7. The zero-order chi connectivity index (χ0) is 15.1. The van der Waals surface area contributed by atoms with Crippen LogP contribution >= 0.6 is 0 Å². The number of anilines is 1. The van der Waals surface area contributed by atoms with Gasteiger partial charge in [0.05, 0.1) is 31.0 Å². The van der Waals surface area contributed by atoms with Crippen LogP contribution in [0.5, 0.6) is 11.5 Å². The maximum absolute atomic E-state index is 8.90. The Balaban J connectivity index is 2.09. The summed E-state index contributed by atoms with van der Waals surface area (Å²) in [5.74, 6) is 1.53. The van der Waals surface area contributed by atoms with E-state index < -0.39 is 0 Å². The molecule has 0 bridgehead atoms. The van der Waals surface area contributed by atoms with Crippen molar-refractivity contribution in [2.45, 2.75) is 13.5 Å². The summed E-state index contributed by atoms with van der Waals surface area (Å²) in [4.78, 5) is 0. The normalized spacial score (nSPS) is 9.76. The molecule has 0 radical (unpaired) electrons. The minimum atomic E-state index is 0.579. The summed E-state index contributed by atoms with van der Waals surface area (Å²) < 4.78 is 10.8. The van der Waals surface area contributed by atoms with E-state index in [4.69, 9.17) is 14.7 Å². The number of methoxy groups -OCH3 is 1. The Morgan fingerprint density at radius 2 is 2.05 bits per heavy atom. The number of rotatable bonds is 6. The molecule has 0 saturated carbocycles. The third kappa shape index (κ3) is 3.90. The van der Waals surface area contributed by atoms with Gasteiger partial charge in [0.15, 0.2) is 0 Å². The van der Waals surface area contributed by atoms with E-state index in [2.05, 4.69) is 11.4 Å². The third-order valence-corrected chi connectivity index (χ3v) is 3.02. The van der Waals surface area contributed by atoms with E-state index in [1.54, 1.807) is 19.2 Å². The number of nitrogens with one attached hydrogen (secondary N) is 1. The fourth-order valence-electron chi connectivity index (χ4n) is 2.02. The first-order valence-electron chi connectivity index (χ1n) is 6.80. The number of nitrogens with zero attached hydrogens (tertiary/aromatic N) is 1. The molecule has 4 heteroatoms. The van der Waals surface area contributed by atoms with Gasteiger partial charge in [0, 0.05) is 12.6 Å². The first-order chi connectivity index (χ1) is 10.3. The van der Waals surface area contributed by atoms with Gasteiger partial charge in [-0.25, -0.2) is 0 Å². The molecule has 0 unspecified atom stereocenters. The highest BCUT2D eigenvalue weighted by atomic mass is 16.5. The molecule has 0 heterocycles. The topological polar surface area (TPSA) is 54.3 Å². The van der Waals surface area contributed by atoms with Crippen LogP contribution in [-0.2, 0) is 6.54 Å². The van der Waals surface area contributed by atoms with Crippen molar-refractivity contribution in [1.82, 2.24) is 0 Å². The van der Waals surface area contributed by atoms with Crippen LogP contribution in [0.3, 0.4) is 0 Å². The second-order valence-corrected chi connectivity index (χ2v) is 4.46. The van der Waals surface area contributed by atoms with Crippen molar-refractivity contribution in [1.29, 1.82) is 5.26 Å². The van der Waals surface area contributed by atoms with Crippen LogP contribution in [0, 0.1) is 11.3 Å². The monoisotopic (exact) mass is 282 g/mol. The van der Waals surface area contributed by atoms with Crippen LogP contribution in [0.2, 0.25) is 0 Å². The minimum absolute atomic E-state index is 0.579. The Hall–Kier alpha value is -2.67. The summed E-state index contributed by atoms with van der Waals surface area (Å²) in [7, 11) is 1.59. The van der Waals surface area contributed by atoms with Crippen LogP contribution in [0.4, 0.5) is 5.69 Å². The van der Waals surface area contributed by atoms with E-state index in [1.165, 1.54) is 0 Å². The molecule has 0 aromatic heterocycles. The van der Waals surface area contributed by atoms with E-state index in [0.29, 0.717) is 24.5 Å². The number of hydrogen-bond acceptors (Lipinski definition) is 4. The third-order valence-electron chi connectivity index (χ3n) is 3.02. The van der Waals surface area contributed by atoms with Crippen molar-refractivity contribution in [3.8, 4) is 17.6 Å². The molecule has 2 aromatic rings. The second-order valence-electron chi connectivity index (χ2n) is 4.46. The van der Waals surface area contributed by atoms with Gasteiger partial charge in [-0.2, -0.15) is 5.26 Å². The average Bonchev–Trinajstić information content (AvgIpc) is 2.53. The highest BCUT2D eigenvalue weighted by Gasteiger charge is 2.04. The van der Waals surface area contributed by atoms with Crippen molar-refractivity contribution in [3.63, 3.8) is 0 Å². The highest BCUT2D eigenvalue weighted by Crippen LogP contribution is 2.26. The quantitative estimate of drug-likeness (QED) is 0.880. The second kappa shape index (κ2) is 7.20. The molecule has 2 rings (SSSR count). The van der Waals surface area contributed by atoms with E-state index >= 15 is 0 Å². The van der Waals surface area contributed by atoms with Gasteiger partial charge in [-0.15, -0.1) is 0 Å². The zero-order valence-electron chi connectivity index (χ0n) is 12.2. The standard InChI is InChI=1S/C17H18N2O2/c1-3-21-15-6-4-5-14(9-15)12-19-16-8-7-13(11-18)10-17(16)20-2/h4-10,19H,3,12H2,1-2H3. The van der Waals surface area contributed by atoms with Crippen LogP contribution in [0.1, 0.15) is 18.1 Å². The van der Waals surface area contributed by atoms with Crippen molar-refractivity contribution < 1.29 is 9.47 Å². The van der Waals surface area contributed by atoms with Crippen LogP contribution in [0.25, 0.3) is 0 Å². The van der Waals surface area contributed by atoms with Gasteiger partial charge in [-0.05, 0) is 36.8 Å². The summed E-state index contributed by atoms with van der Waals surface area (Å²) >= 11 is 0. The lowest BCUT2D eigenvalue weighted by Gasteiger charge is -2.12. The first-order valence-corrected chi connectivity index (χ1v) is 6.80. The summed E-state index contributed by atoms with van der Waals surface area (Å²) in [6.45, 7) is 3.27. The molecule has 21 heavy (non-hydrogen) atoms. The molecule has 0 aliphatic carbocycles. The maximum Gasteiger partial charge on any atom is 0.143 e. The molecule has 0 spiro atoms. The summed E-state index contributed by atoms with van der Waals surface area (Å²) in [6.07, 6.45) is 0. The Bertz CT molecular complexity index is 647. The van der Waals surface area contributed by atoms with Crippen LogP contribution < -0.4 is 14.8 Å². The van der Waals surface area contributed by atoms with Crippen LogP contribution in [-0.4, -0.2) is 13.7 Å². The molecular formula is C17H18N2O2. The fraction of sp³-hybridized carbons (Fsp3) is 0.235. The predicted octanol–water partition coefficient (Wildman–Crippen LogP) is 3.58. The molecule has 0 atom stereocenters. The maximum atomic E-state index is 8.90. The molecule has 0 amide bonds. The van der Waals surface area contributed by atoms with Gasteiger partial charge < -0.3 is 14.8 Å². The number of hydrogen-bond donors (Lipinski definition) is 1. The molecule has 2 aromatic carbocycles. The minimum Gasteiger partial charge on any atom is -0.495 e. The van der Waals surface area contributed by atoms with E-state index in [-0.39, 0.29) is 0 Å². The molecular weight excluding hydrogens is 264 g/mol. The molecule has 108 valence electrons. The largest absolute Gasteiger partial charge is 0.495 e. The molecule has 4 nitrogen and oxygen atoms in total. The summed E-state index contributed by atoms with van der Waals surface area (Å²) in [5, 5.41) is 12.2. The van der Waals surface area contributed by atoms with E-state index in [9.17, 15) is 0 Å². The smallest absolute Gasteiger partial charge is 0.143 e. The number of nitriles is 1. The van der Waals surface area contributed by atoms with Gasteiger partial charge in [-0.3, -0.25) is 0 Å². The molecule has 0 aliphatic rings. The van der Waals surface area contributed by atoms with Gasteiger partial charge in [0.25, 0.3) is 0 Å². The lowest BCUT2D eigenvalue weighted by atomic mass is 10.2. The van der Waals surface area contributed by atoms with Gasteiger partial charge in [0.2, 0.25) is 0 Å². The zero-order valence-corrected chi connectivity index (χ0v) is 12.2. The van der Waals surface area contributed by atoms with Gasteiger partial charge in [0.1, 0.15) is 11.5 Å². The lowest BCUT2D eigenvalue weighted by molar-refractivity contribution is 0.340. The lowest BCUT2D eigenvalue weighted by Crippen LogP contribution is -2.02. The summed E-state index contributed by atoms with van der Waals surface area (Å²) in [6, 6.07) is 15.4. The number of ether oxygens (including phenoxy) is 2. The highest BCUT2D eigenvalue weighted by molar-refractivity contribution is 5.59. The van der Waals surface area contributed by atoms with Crippen LogP contribution in [0.15, 0.2) is 42.5 Å². The average molecular weight is 282 g/mol. The number of benzene rings is 2. The van der Waals surface area contributed by atoms with Gasteiger partial charge >= 0.3 is 0 Å². The Morgan fingerprint density at radius 3 is 2.76 bits per heavy atom. The van der Waals surface area contributed by atoms with Crippen molar-refractivity contribution in [2.75, 3.05) is 19.0 Å². The summed E-state index contributed by atoms with van der Waals surface area (Å²) in [5.41, 5.74) is 2.56. The molecule has 0 aliphatic heterocycles. The SMILES string of the molecule is CCOc1cccc(CNc2ccc(C#N)cc2OC)c1. The van der Waals surface area contributed by atoms with Crippen molar-refractivity contribution in [3.05, 3.63) is 53.6 Å². The molecule has 1 N–H and O–H groups in total. The van der Waals surface area contributed by atoms with E-state index in [0.717, 1.165) is 17.0 Å². The fourth-order valence-corrected chi connectivity index (χ4v) is 2.02. The van der Waals surface area contributed by atoms with Crippen molar-refractivity contribution in [2.24, 2.45) is 0 Å².